The number of amides is 1. The summed E-state index contributed by atoms with van der Waals surface area (Å²) in [7, 11) is 0. The highest BCUT2D eigenvalue weighted by molar-refractivity contribution is 5.80. The molecular formula is C20H22F4N4O3. The first-order valence-corrected chi connectivity index (χ1v) is 9.71. The van der Waals surface area contributed by atoms with Gasteiger partial charge in [-0.3, -0.25) is 9.69 Å². The normalized spacial score (nSPS) is 16.1. The molecule has 1 fully saturated rings. The molecule has 0 spiro atoms. The second-order valence-electron chi connectivity index (χ2n) is 7.45. The molecular weight excluding hydrogens is 420 g/mol. The van der Waals surface area contributed by atoms with Crippen LogP contribution < -0.4 is 5.32 Å². The average molecular weight is 442 g/mol. The molecule has 2 N–H and O–H groups in total. The lowest BCUT2D eigenvalue weighted by Gasteiger charge is -2.28. The van der Waals surface area contributed by atoms with Crippen LogP contribution in [0.25, 0.3) is 0 Å². The third kappa shape index (κ3) is 6.51. The number of alkyl halides is 3. The molecule has 4 rings (SSSR count). The highest BCUT2D eigenvalue weighted by Crippen LogP contribution is 2.28. The fourth-order valence-electron chi connectivity index (χ4n) is 3.17. The predicted octanol–water partition coefficient (Wildman–Crippen LogP) is 2.70. The molecule has 168 valence electrons. The summed E-state index contributed by atoms with van der Waals surface area (Å²) in [5.41, 5.74) is 2.17. The number of aliphatic carboxylic acids is 1. The zero-order valence-corrected chi connectivity index (χ0v) is 16.5. The Kier molecular flexibility index (Phi) is 6.94. The molecule has 0 radical (unpaired) electrons. The van der Waals surface area contributed by atoms with Crippen LogP contribution in [0, 0.1) is 11.7 Å². The van der Waals surface area contributed by atoms with Gasteiger partial charge in [-0.05, 0) is 30.5 Å². The molecule has 1 amide bonds. The Morgan fingerprint density at radius 1 is 1.16 bits per heavy atom. The number of benzene rings is 1. The van der Waals surface area contributed by atoms with Crippen molar-refractivity contribution in [2.24, 2.45) is 5.92 Å². The molecule has 2 aromatic rings. The van der Waals surface area contributed by atoms with Crippen LogP contribution in [0.1, 0.15) is 29.9 Å². The number of carboxylic acid groups (broad SMARTS) is 1. The molecule has 1 aromatic carbocycles. The van der Waals surface area contributed by atoms with Gasteiger partial charge in [0.1, 0.15) is 11.6 Å². The Bertz CT molecular complexity index is 923. The number of carbonyl (C=O) groups is 2. The van der Waals surface area contributed by atoms with Gasteiger partial charge in [0.25, 0.3) is 0 Å². The molecule has 0 unspecified atom stereocenters. The van der Waals surface area contributed by atoms with Crippen LogP contribution in [0.2, 0.25) is 0 Å². The van der Waals surface area contributed by atoms with E-state index >= 15 is 0 Å². The van der Waals surface area contributed by atoms with E-state index in [1.807, 2.05) is 18.3 Å². The summed E-state index contributed by atoms with van der Waals surface area (Å²) in [5.74, 6) is -1.53. The van der Waals surface area contributed by atoms with Gasteiger partial charge >= 0.3 is 12.1 Å². The molecule has 7 nitrogen and oxygen atoms in total. The number of aromatic nitrogens is 2. The molecule has 0 bridgehead atoms. The van der Waals surface area contributed by atoms with E-state index in [9.17, 15) is 22.4 Å². The first-order valence-electron chi connectivity index (χ1n) is 9.71. The first kappa shape index (κ1) is 22.7. The predicted molar refractivity (Wildman–Crippen MR) is 101 cm³/mol. The van der Waals surface area contributed by atoms with Crippen LogP contribution in [-0.2, 0) is 35.8 Å². The summed E-state index contributed by atoms with van der Waals surface area (Å²) in [6.45, 7) is 3.91. The van der Waals surface area contributed by atoms with Crippen LogP contribution >= 0.6 is 0 Å². The van der Waals surface area contributed by atoms with Gasteiger partial charge in [-0.25, -0.2) is 14.2 Å². The molecule has 11 heteroatoms. The minimum Gasteiger partial charge on any atom is -0.475 e. The quantitative estimate of drug-likeness (QED) is 0.696. The van der Waals surface area contributed by atoms with Gasteiger partial charge in [0, 0.05) is 25.6 Å². The van der Waals surface area contributed by atoms with Crippen molar-refractivity contribution in [2.45, 2.75) is 45.2 Å². The molecule has 1 aliphatic heterocycles. The standard InChI is InChI=1S/C18H21FN4O.C2HF3O2/c19-15-5-1-13(2-6-15)11-22-7-8-23-16(9-20-17(23)12-22)10-21-18(24)14-3-4-14;3-2(4,5)1(6)7/h1-2,5-6,9,14H,3-4,7-8,10-12H2,(H,21,24);(H,6,7). The number of nitrogens with one attached hydrogen (secondary N) is 1. The van der Waals surface area contributed by atoms with Crippen molar-refractivity contribution in [2.75, 3.05) is 6.54 Å². The van der Waals surface area contributed by atoms with E-state index in [1.165, 1.54) is 12.1 Å². The van der Waals surface area contributed by atoms with Crippen molar-refractivity contribution < 1.29 is 32.3 Å². The Morgan fingerprint density at radius 2 is 1.81 bits per heavy atom. The Labute approximate surface area is 175 Å². The van der Waals surface area contributed by atoms with Gasteiger partial charge in [0.2, 0.25) is 5.91 Å². The number of fused-ring (bicyclic) bond motifs is 1. The first-order chi connectivity index (χ1) is 14.6. The van der Waals surface area contributed by atoms with Crippen molar-refractivity contribution in [3.8, 4) is 0 Å². The lowest BCUT2D eigenvalue weighted by molar-refractivity contribution is -0.192. The van der Waals surface area contributed by atoms with Crippen LogP contribution in [-0.4, -0.2) is 44.2 Å². The highest BCUT2D eigenvalue weighted by atomic mass is 19.4. The molecule has 1 saturated carbocycles. The summed E-state index contributed by atoms with van der Waals surface area (Å²) in [5, 5.41) is 10.1. The lowest BCUT2D eigenvalue weighted by Crippen LogP contribution is -2.35. The van der Waals surface area contributed by atoms with Gasteiger partial charge in [-0.2, -0.15) is 13.2 Å². The number of hydrogen-bond acceptors (Lipinski definition) is 4. The van der Waals surface area contributed by atoms with Gasteiger partial charge in [-0.1, -0.05) is 12.1 Å². The maximum absolute atomic E-state index is 13.0. The maximum atomic E-state index is 13.0. The fourth-order valence-corrected chi connectivity index (χ4v) is 3.17. The van der Waals surface area contributed by atoms with E-state index in [1.54, 1.807) is 0 Å². The molecule has 1 aromatic heterocycles. The molecule has 0 saturated heterocycles. The van der Waals surface area contributed by atoms with Gasteiger partial charge in [0.15, 0.2) is 0 Å². The zero-order chi connectivity index (χ0) is 22.6. The second-order valence-corrected chi connectivity index (χ2v) is 7.45. The third-order valence-corrected chi connectivity index (χ3v) is 4.98. The number of carbonyl (C=O) groups excluding carboxylic acids is 1. The summed E-state index contributed by atoms with van der Waals surface area (Å²) in [6.07, 6.45) is -1.17. The second kappa shape index (κ2) is 9.46. The SMILES string of the molecule is O=C(NCc1cnc2n1CCN(Cc1ccc(F)cc1)C2)C1CC1.O=C(O)C(F)(F)F. The van der Waals surface area contributed by atoms with Gasteiger partial charge < -0.3 is 15.0 Å². The smallest absolute Gasteiger partial charge is 0.475 e. The summed E-state index contributed by atoms with van der Waals surface area (Å²) >= 11 is 0. The average Bonchev–Trinajstić information content (AvgIpc) is 3.49. The third-order valence-electron chi connectivity index (χ3n) is 4.98. The van der Waals surface area contributed by atoms with E-state index in [0.717, 1.165) is 56.1 Å². The van der Waals surface area contributed by atoms with Gasteiger partial charge in [-0.15, -0.1) is 0 Å². The molecule has 2 aliphatic rings. The number of rotatable bonds is 5. The number of hydrogen-bond donors (Lipinski definition) is 2. The molecule has 2 heterocycles. The van der Waals surface area contributed by atoms with Crippen LogP contribution in [0.3, 0.4) is 0 Å². The molecule has 31 heavy (non-hydrogen) atoms. The minimum atomic E-state index is -5.08. The summed E-state index contributed by atoms with van der Waals surface area (Å²) < 4.78 is 46.9. The lowest BCUT2D eigenvalue weighted by atomic mass is 10.2. The van der Waals surface area contributed by atoms with Crippen molar-refractivity contribution in [1.29, 1.82) is 0 Å². The van der Waals surface area contributed by atoms with Crippen molar-refractivity contribution in [3.63, 3.8) is 0 Å². The van der Waals surface area contributed by atoms with Crippen molar-refractivity contribution in [3.05, 3.63) is 53.4 Å². The van der Waals surface area contributed by atoms with Crippen LogP contribution in [0.5, 0.6) is 0 Å². The number of carboxylic acids is 1. The fraction of sp³-hybridized carbons (Fsp3) is 0.450. The minimum absolute atomic E-state index is 0.166. The van der Waals surface area contributed by atoms with Crippen LogP contribution in [0.4, 0.5) is 17.6 Å². The van der Waals surface area contributed by atoms with E-state index in [-0.39, 0.29) is 17.6 Å². The number of halogens is 4. The monoisotopic (exact) mass is 442 g/mol. The Balaban J connectivity index is 0.000000339. The van der Waals surface area contributed by atoms with E-state index < -0.39 is 12.1 Å². The topological polar surface area (TPSA) is 87.5 Å². The van der Waals surface area contributed by atoms with E-state index in [2.05, 4.69) is 19.8 Å². The van der Waals surface area contributed by atoms with E-state index in [0.29, 0.717) is 6.54 Å². The summed E-state index contributed by atoms with van der Waals surface area (Å²) in [4.78, 5) is 27.5. The Morgan fingerprint density at radius 3 is 2.39 bits per heavy atom. The largest absolute Gasteiger partial charge is 0.490 e. The Hall–Kier alpha value is -2.95. The number of imidazole rings is 1. The van der Waals surface area contributed by atoms with Crippen LogP contribution in [0.15, 0.2) is 30.5 Å². The number of nitrogens with zero attached hydrogens (tertiary/aromatic N) is 3. The van der Waals surface area contributed by atoms with Crippen molar-refractivity contribution in [1.82, 2.24) is 19.8 Å². The maximum Gasteiger partial charge on any atom is 0.490 e. The highest BCUT2D eigenvalue weighted by Gasteiger charge is 2.38. The van der Waals surface area contributed by atoms with E-state index in [4.69, 9.17) is 9.90 Å². The van der Waals surface area contributed by atoms with Crippen molar-refractivity contribution >= 4 is 11.9 Å². The molecule has 0 atom stereocenters. The summed E-state index contributed by atoms with van der Waals surface area (Å²) in [6, 6.07) is 6.66. The van der Waals surface area contributed by atoms with Gasteiger partial charge in [0.05, 0.1) is 25.0 Å². The zero-order valence-electron chi connectivity index (χ0n) is 16.5. The molecule has 1 aliphatic carbocycles.